The second-order valence-corrected chi connectivity index (χ2v) is 6.13. The molecule has 120 valence electrons. The third kappa shape index (κ3) is 3.58. The van der Waals surface area contributed by atoms with Gasteiger partial charge in [-0.05, 0) is 6.92 Å². The molecule has 0 N–H and O–H groups in total. The van der Waals surface area contributed by atoms with E-state index in [-0.39, 0.29) is 5.25 Å². The number of hydrogen-bond acceptors (Lipinski definition) is 5. The fourth-order valence-corrected chi connectivity index (χ4v) is 2.87. The van der Waals surface area contributed by atoms with Crippen molar-refractivity contribution in [3.8, 4) is 11.4 Å². The van der Waals surface area contributed by atoms with Crippen LogP contribution < -0.4 is 0 Å². The Balaban J connectivity index is 1.66. The molecule has 1 aromatic carbocycles. The average Bonchev–Trinajstić information content (AvgIpc) is 3.22. The molecule has 0 amide bonds. The number of imidazole rings is 1. The molecule has 8 heteroatoms. The van der Waals surface area contributed by atoms with Crippen LogP contribution in [0.1, 0.15) is 30.4 Å². The molecule has 0 bridgehead atoms. The van der Waals surface area contributed by atoms with Crippen LogP contribution in [0, 0.1) is 0 Å². The third-order valence-corrected chi connectivity index (χ3v) is 4.37. The molecule has 3 rings (SSSR count). The molecule has 0 saturated carbocycles. The van der Waals surface area contributed by atoms with E-state index in [4.69, 9.17) is 4.52 Å². The molecular weight excluding hydrogens is 322 g/mol. The summed E-state index contributed by atoms with van der Waals surface area (Å²) < 4.78 is 31.7. The highest BCUT2D eigenvalue weighted by atomic mass is 32.2. The summed E-state index contributed by atoms with van der Waals surface area (Å²) >= 11 is 1.41. The topological polar surface area (TPSA) is 56.7 Å². The van der Waals surface area contributed by atoms with Gasteiger partial charge >= 0.3 is 6.55 Å². The number of halogens is 2. The first kappa shape index (κ1) is 15.7. The smallest absolute Gasteiger partial charge is 0.319 e. The zero-order valence-corrected chi connectivity index (χ0v) is 13.1. The van der Waals surface area contributed by atoms with Crippen molar-refractivity contribution in [3.63, 3.8) is 0 Å². The average molecular weight is 336 g/mol. The predicted octanol–water partition coefficient (Wildman–Crippen LogP) is 4.32. The van der Waals surface area contributed by atoms with Crippen LogP contribution >= 0.6 is 11.8 Å². The number of aromatic nitrogens is 4. The van der Waals surface area contributed by atoms with Gasteiger partial charge in [0, 0.05) is 18.0 Å². The summed E-state index contributed by atoms with van der Waals surface area (Å²) in [5.74, 6) is 1.63. The van der Waals surface area contributed by atoms with Gasteiger partial charge < -0.3 is 4.52 Å². The first-order valence-electron chi connectivity index (χ1n) is 6.95. The van der Waals surface area contributed by atoms with E-state index in [1.165, 1.54) is 24.2 Å². The van der Waals surface area contributed by atoms with E-state index >= 15 is 0 Å². The Hall–Kier alpha value is -2.22. The van der Waals surface area contributed by atoms with Crippen LogP contribution in [0.5, 0.6) is 0 Å². The third-order valence-electron chi connectivity index (χ3n) is 3.24. The van der Waals surface area contributed by atoms with Gasteiger partial charge in [-0.2, -0.15) is 13.8 Å². The second kappa shape index (κ2) is 6.91. The summed E-state index contributed by atoms with van der Waals surface area (Å²) in [5.41, 5.74) is 0.868. The first-order valence-corrected chi connectivity index (χ1v) is 8.00. The van der Waals surface area contributed by atoms with E-state index in [2.05, 4.69) is 15.1 Å². The summed E-state index contributed by atoms with van der Waals surface area (Å²) in [5, 5.41) is 3.84. The summed E-state index contributed by atoms with van der Waals surface area (Å²) in [6.45, 7) is -0.695. The largest absolute Gasteiger partial charge is 0.338 e. The van der Waals surface area contributed by atoms with E-state index < -0.39 is 6.55 Å². The molecule has 0 fully saturated rings. The van der Waals surface area contributed by atoms with Crippen LogP contribution in [0.4, 0.5) is 8.78 Å². The molecule has 5 nitrogen and oxygen atoms in total. The quantitative estimate of drug-likeness (QED) is 0.671. The van der Waals surface area contributed by atoms with Crippen molar-refractivity contribution in [1.29, 1.82) is 0 Å². The minimum absolute atomic E-state index is 0.122. The highest BCUT2D eigenvalue weighted by molar-refractivity contribution is 7.98. The highest BCUT2D eigenvalue weighted by Crippen LogP contribution is 2.31. The lowest BCUT2D eigenvalue weighted by molar-refractivity contribution is 0.0678. The molecule has 0 unspecified atom stereocenters. The molecule has 0 saturated heterocycles. The van der Waals surface area contributed by atoms with Gasteiger partial charge in [0.2, 0.25) is 11.7 Å². The second-order valence-electron chi connectivity index (χ2n) is 4.80. The number of benzene rings is 1. The van der Waals surface area contributed by atoms with Crippen molar-refractivity contribution in [2.75, 3.05) is 0 Å². The molecule has 0 spiro atoms. The first-order chi connectivity index (χ1) is 11.1. The number of thioether (sulfide) groups is 1. The van der Waals surface area contributed by atoms with Gasteiger partial charge in [0.25, 0.3) is 0 Å². The van der Waals surface area contributed by atoms with Crippen molar-refractivity contribution < 1.29 is 13.3 Å². The van der Waals surface area contributed by atoms with E-state index in [0.717, 1.165) is 10.1 Å². The Morgan fingerprint density at radius 2 is 2.04 bits per heavy atom. The van der Waals surface area contributed by atoms with Crippen LogP contribution in [-0.2, 0) is 5.75 Å². The van der Waals surface area contributed by atoms with Gasteiger partial charge in [-0.15, -0.1) is 11.8 Å². The minimum atomic E-state index is -2.59. The van der Waals surface area contributed by atoms with Gasteiger partial charge in [0.1, 0.15) is 5.82 Å². The predicted molar refractivity (Wildman–Crippen MR) is 82.9 cm³/mol. The van der Waals surface area contributed by atoms with E-state index in [1.807, 2.05) is 37.3 Å². The van der Waals surface area contributed by atoms with Gasteiger partial charge in [0.15, 0.2) is 0 Å². The normalized spacial score (nSPS) is 12.7. The summed E-state index contributed by atoms with van der Waals surface area (Å²) in [7, 11) is 0. The zero-order valence-electron chi connectivity index (χ0n) is 12.3. The number of rotatable bonds is 6. The maximum atomic E-state index is 12.8. The fraction of sp³-hybridized carbons (Fsp3) is 0.267. The van der Waals surface area contributed by atoms with Gasteiger partial charge in [-0.25, -0.2) is 4.98 Å². The molecule has 0 radical (unpaired) electrons. The lowest BCUT2D eigenvalue weighted by atomic mass is 10.2. The fourth-order valence-electron chi connectivity index (χ4n) is 2.01. The molecular formula is C15H14F2N4OS. The van der Waals surface area contributed by atoms with Gasteiger partial charge in [0.05, 0.1) is 11.0 Å². The highest BCUT2D eigenvalue weighted by Gasteiger charge is 2.18. The molecule has 0 aliphatic rings. The Labute approximate surface area is 135 Å². The Kier molecular flexibility index (Phi) is 4.71. The van der Waals surface area contributed by atoms with Crippen LogP contribution in [0.25, 0.3) is 11.4 Å². The number of hydrogen-bond donors (Lipinski definition) is 0. The Morgan fingerprint density at radius 1 is 1.26 bits per heavy atom. The summed E-state index contributed by atoms with van der Waals surface area (Å²) in [6, 6.07) is 9.49. The number of alkyl halides is 2. The SMILES string of the molecule is C[C@H](SCc1nccn1C(F)F)c1nc(-c2ccccc2)no1. The summed E-state index contributed by atoms with van der Waals surface area (Å²) in [4.78, 5) is 8.32. The Bertz CT molecular complexity index is 760. The maximum absolute atomic E-state index is 12.8. The maximum Gasteiger partial charge on any atom is 0.319 e. The lowest BCUT2D eigenvalue weighted by Crippen LogP contribution is -2.03. The summed E-state index contributed by atoms with van der Waals surface area (Å²) in [6.07, 6.45) is 2.64. The molecule has 2 aromatic heterocycles. The van der Waals surface area contributed by atoms with Crippen LogP contribution in [-0.4, -0.2) is 19.7 Å². The Morgan fingerprint density at radius 3 is 2.78 bits per heavy atom. The molecule has 0 aliphatic heterocycles. The van der Waals surface area contributed by atoms with Crippen molar-refractivity contribution in [1.82, 2.24) is 19.7 Å². The molecule has 2 heterocycles. The lowest BCUT2D eigenvalue weighted by Gasteiger charge is -2.08. The van der Waals surface area contributed by atoms with Crippen molar-refractivity contribution in [2.45, 2.75) is 24.5 Å². The zero-order chi connectivity index (χ0) is 16.2. The van der Waals surface area contributed by atoms with Crippen molar-refractivity contribution in [3.05, 3.63) is 54.4 Å². The van der Waals surface area contributed by atoms with Crippen LogP contribution in [0.2, 0.25) is 0 Å². The molecule has 0 aliphatic carbocycles. The minimum Gasteiger partial charge on any atom is -0.338 e. The van der Waals surface area contributed by atoms with E-state index in [9.17, 15) is 8.78 Å². The molecule has 3 aromatic rings. The van der Waals surface area contributed by atoms with Crippen molar-refractivity contribution >= 4 is 11.8 Å². The van der Waals surface area contributed by atoms with E-state index in [0.29, 0.717) is 23.3 Å². The molecule has 1 atom stereocenters. The van der Waals surface area contributed by atoms with Gasteiger partial charge in [-0.1, -0.05) is 35.5 Å². The van der Waals surface area contributed by atoms with Gasteiger partial charge in [-0.3, -0.25) is 4.57 Å². The monoisotopic (exact) mass is 336 g/mol. The van der Waals surface area contributed by atoms with E-state index in [1.54, 1.807) is 0 Å². The number of nitrogens with zero attached hydrogens (tertiary/aromatic N) is 4. The standard InChI is InChI=1S/C15H14F2N4OS/c1-10(23-9-12-18-7-8-21(12)15(16)17)14-19-13(20-22-14)11-5-3-2-4-6-11/h2-8,10,15H,9H2,1H3/t10-/m0/s1. The molecule has 23 heavy (non-hydrogen) atoms. The van der Waals surface area contributed by atoms with Crippen molar-refractivity contribution in [2.24, 2.45) is 0 Å². The van der Waals surface area contributed by atoms with Crippen LogP contribution in [0.3, 0.4) is 0 Å². The van der Waals surface area contributed by atoms with Crippen LogP contribution in [0.15, 0.2) is 47.2 Å².